The third kappa shape index (κ3) is 3.13. The fourth-order valence-corrected chi connectivity index (χ4v) is 2.30. The number of aliphatic carboxylic acids is 1. The number of benzene rings is 2. The van der Waals surface area contributed by atoms with Gasteiger partial charge in [0.15, 0.2) is 6.10 Å². The molecule has 4 heteroatoms. The van der Waals surface area contributed by atoms with Crippen molar-refractivity contribution < 1.29 is 14.6 Å². The molecule has 110 valence electrons. The molecule has 0 aliphatic rings. The maximum absolute atomic E-state index is 11.4. The molecule has 2 aromatic carbocycles. The first-order valence-corrected chi connectivity index (χ1v) is 6.98. The van der Waals surface area contributed by atoms with Crippen molar-refractivity contribution in [2.75, 3.05) is 0 Å². The maximum atomic E-state index is 11.4. The molecule has 22 heavy (non-hydrogen) atoms. The van der Waals surface area contributed by atoms with Crippen LogP contribution in [0, 0.1) is 0 Å². The molecule has 0 aliphatic heterocycles. The highest BCUT2D eigenvalue weighted by Gasteiger charge is 2.20. The van der Waals surface area contributed by atoms with Crippen molar-refractivity contribution in [1.29, 1.82) is 0 Å². The highest BCUT2D eigenvalue weighted by atomic mass is 16.5. The van der Waals surface area contributed by atoms with E-state index in [2.05, 4.69) is 4.98 Å². The van der Waals surface area contributed by atoms with Crippen LogP contribution in [0.5, 0.6) is 0 Å². The number of rotatable bonds is 5. The van der Waals surface area contributed by atoms with E-state index in [-0.39, 0.29) is 6.61 Å². The minimum atomic E-state index is -1.01. The summed E-state index contributed by atoms with van der Waals surface area (Å²) in [6.45, 7) is 0.149. The van der Waals surface area contributed by atoms with Gasteiger partial charge in [-0.1, -0.05) is 54.6 Å². The number of hydrogen-bond acceptors (Lipinski definition) is 3. The first kappa shape index (κ1) is 14.2. The van der Waals surface area contributed by atoms with E-state index in [1.165, 1.54) is 0 Å². The summed E-state index contributed by atoms with van der Waals surface area (Å²) in [6.07, 6.45) is -0.991. The average molecular weight is 293 g/mol. The Hall–Kier alpha value is -2.72. The fraction of sp³-hybridized carbons (Fsp3) is 0.111. The van der Waals surface area contributed by atoms with Gasteiger partial charge in [-0.2, -0.15) is 0 Å². The van der Waals surface area contributed by atoms with Gasteiger partial charge in [0, 0.05) is 5.39 Å². The SMILES string of the molecule is O=C(O)C(OCc1ccc2ccccc2n1)c1ccccc1. The number of para-hydroxylation sites is 1. The van der Waals surface area contributed by atoms with Crippen molar-refractivity contribution in [2.45, 2.75) is 12.7 Å². The molecule has 0 amide bonds. The van der Waals surface area contributed by atoms with Crippen LogP contribution < -0.4 is 0 Å². The standard InChI is InChI=1S/C18H15NO3/c20-18(21)17(14-7-2-1-3-8-14)22-12-15-11-10-13-6-4-5-9-16(13)19-15/h1-11,17H,12H2,(H,20,21). The summed E-state index contributed by atoms with van der Waals surface area (Å²) in [5, 5.41) is 10.4. The van der Waals surface area contributed by atoms with Crippen LogP contribution in [0.25, 0.3) is 10.9 Å². The van der Waals surface area contributed by atoms with E-state index in [0.717, 1.165) is 10.9 Å². The second-order valence-electron chi connectivity index (χ2n) is 4.94. The quantitative estimate of drug-likeness (QED) is 0.781. The fourth-order valence-electron chi connectivity index (χ4n) is 2.30. The zero-order valence-electron chi connectivity index (χ0n) is 11.8. The third-order valence-electron chi connectivity index (χ3n) is 3.38. The van der Waals surface area contributed by atoms with Gasteiger partial charge in [-0.05, 0) is 17.7 Å². The number of carbonyl (C=O) groups is 1. The molecule has 0 fully saturated rings. The summed E-state index contributed by atoms with van der Waals surface area (Å²) in [5.74, 6) is -1.01. The van der Waals surface area contributed by atoms with Gasteiger partial charge in [-0.3, -0.25) is 4.98 Å². The van der Waals surface area contributed by atoms with Crippen LogP contribution in [0.2, 0.25) is 0 Å². The van der Waals surface area contributed by atoms with Crippen LogP contribution in [0.4, 0.5) is 0 Å². The lowest BCUT2D eigenvalue weighted by molar-refractivity contribution is -0.151. The lowest BCUT2D eigenvalue weighted by atomic mass is 10.1. The van der Waals surface area contributed by atoms with Gasteiger partial charge in [0.2, 0.25) is 0 Å². The molecule has 1 aromatic heterocycles. The Kier molecular flexibility index (Phi) is 4.12. The molecule has 1 N–H and O–H groups in total. The average Bonchev–Trinajstić information content (AvgIpc) is 2.55. The van der Waals surface area contributed by atoms with Crippen molar-refractivity contribution in [2.24, 2.45) is 0 Å². The van der Waals surface area contributed by atoms with E-state index in [9.17, 15) is 9.90 Å². The van der Waals surface area contributed by atoms with Crippen LogP contribution in [0.15, 0.2) is 66.7 Å². The Balaban J connectivity index is 1.78. The predicted molar refractivity (Wildman–Crippen MR) is 83.4 cm³/mol. The summed E-state index contributed by atoms with van der Waals surface area (Å²) in [5.41, 5.74) is 2.20. The molecule has 0 aliphatic carbocycles. The van der Waals surface area contributed by atoms with Crippen LogP contribution in [-0.2, 0) is 16.1 Å². The van der Waals surface area contributed by atoms with Gasteiger partial charge in [0.25, 0.3) is 0 Å². The predicted octanol–water partition coefficient (Wildman–Crippen LogP) is 3.58. The summed E-state index contributed by atoms with van der Waals surface area (Å²) in [7, 11) is 0. The van der Waals surface area contributed by atoms with Crippen LogP contribution in [-0.4, -0.2) is 16.1 Å². The van der Waals surface area contributed by atoms with Crippen molar-refractivity contribution in [1.82, 2.24) is 4.98 Å². The Labute approximate surface area is 128 Å². The van der Waals surface area contributed by atoms with E-state index in [4.69, 9.17) is 4.74 Å². The summed E-state index contributed by atoms with van der Waals surface area (Å²) in [4.78, 5) is 15.9. The van der Waals surface area contributed by atoms with E-state index >= 15 is 0 Å². The zero-order valence-corrected chi connectivity index (χ0v) is 11.8. The minimum absolute atomic E-state index is 0.149. The number of nitrogens with zero attached hydrogens (tertiary/aromatic N) is 1. The molecule has 0 bridgehead atoms. The van der Waals surface area contributed by atoms with Crippen molar-refractivity contribution in [3.05, 3.63) is 78.0 Å². The molecule has 0 saturated heterocycles. The first-order valence-electron chi connectivity index (χ1n) is 6.98. The Morgan fingerprint density at radius 1 is 1.00 bits per heavy atom. The first-order chi connectivity index (χ1) is 10.7. The molecule has 3 aromatic rings. The highest BCUT2D eigenvalue weighted by molar-refractivity contribution is 5.78. The largest absolute Gasteiger partial charge is 0.479 e. The van der Waals surface area contributed by atoms with Crippen molar-refractivity contribution in [3.8, 4) is 0 Å². The van der Waals surface area contributed by atoms with Gasteiger partial charge < -0.3 is 9.84 Å². The third-order valence-corrected chi connectivity index (χ3v) is 3.38. The van der Waals surface area contributed by atoms with E-state index < -0.39 is 12.1 Å². The minimum Gasteiger partial charge on any atom is -0.479 e. The van der Waals surface area contributed by atoms with Crippen molar-refractivity contribution >= 4 is 16.9 Å². The Morgan fingerprint density at radius 2 is 1.73 bits per heavy atom. The lowest BCUT2D eigenvalue weighted by Crippen LogP contribution is -2.15. The highest BCUT2D eigenvalue weighted by Crippen LogP contribution is 2.20. The van der Waals surface area contributed by atoms with Crippen LogP contribution in [0.1, 0.15) is 17.4 Å². The molecular formula is C18H15NO3. The summed E-state index contributed by atoms with van der Waals surface area (Å²) >= 11 is 0. The summed E-state index contributed by atoms with van der Waals surface area (Å²) < 4.78 is 5.56. The van der Waals surface area contributed by atoms with Gasteiger partial charge in [0.05, 0.1) is 17.8 Å². The smallest absolute Gasteiger partial charge is 0.337 e. The summed E-state index contributed by atoms with van der Waals surface area (Å²) in [6, 6.07) is 20.5. The molecule has 0 saturated carbocycles. The second-order valence-corrected chi connectivity index (χ2v) is 4.94. The number of hydrogen-bond donors (Lipinski definition) is 1. The normalized spacial score (nSPS) is 12.2. The monoisotopic (exact) mass is 293 g/mol. The second kappa shape index (κ2) is 6.37. The topological polar surface area (TPSA) is 59.4 Å². The lowest BCUT2D eigenvalue weighted by Gasteiger charge is -2.14. The van der Waals surface area contributed by atoms with Gasteiger partial charge in [-0.25, -0.2) is 4.79 Å². The number of carboxylic acids is 1. The zero-order chi connectivity index (χ0) is 15.4. The molecule has 1 heterocycles. The molecule has 0 radical (unpaired) electrons. The van der Waals surface area contributed by atoms with Gasteiger partial charge in [0.1, 0.15) is 0 Å². The number of carboxylic acid groups (broad SMARTS) is 1. The number of aromatic nitrogens is 1. The molecule has 4 nitrogen and oxygen atoms in total. The molecule has 1 unspecified atom stereocenters. The van der Waals surface area contributed by atoms with Crippen LogP contribution >= 0.6 is 0 Å². The Bertz CT molecular complexity index is 786. The van der Waals surface area contributed by atoms with E-state index in [1.54, 1.807) is 24.3 Å². The molecule has 0 spiro atoms. The molecular weight excluding hydrogens is 278 g/mol. The van der Waals surface area contributed by atoms with E-state index in [0.29, 0.717) is 11.3 Å². The van der Waals surface area contributed by atoms with Gasteiger partial charge >= 0.3 is 5.97 Å². The van der Waals surface area contributed by atoms with E-state index in [1.807, 2.05) is 42.5 Å². The van der Waals surface area contributed by atoms with Gasteiger partial charge in [-0.15, -0.1) is 0 Å². The molecule has 3 rings (SSSR count). The Morgan fingerprint density at radius 3 is 2.50 bits per heavy atom. The number of pyridine rings is 1. The maximum Gasteiger partial charge on any atom is 0.337 e. The number of fused-ring (bicyclic) bond motifs is 1. The molecule has 1 atom stereocenters. The number of ether oxygens (including phenoxy) is 1. The van der Waals surface area contributed by atoms with Crippen molar-refractivity contribution in [3.63, 3.8) is 0 Å². The van der Waals surface area contributed by atoms with Crippen LogP contribution in [0.3, 0.4) is 0 Å².